The van der Waals surface area contributed by atoms with E-state index in [1.165, 1.54) is 22.4 Å². The lowest BCUT2D eigenvalue weighted by Crippen LogP contribution is -2.38. The normalized spacial score (nSPS) is 25.7. The molecule has 2 atom stereocenters. The molecule has 120 valence electrons. The van der Waals surface area contributed by atoms with Crippen LogP contribution in [-0.2, 0) is 11.3 Å². The Bertz CT molecular complexity index is 672. The molecule has 23 heavy (non-hydrogen) atoms. The fourth-order valence-corrected chi connectivity index (χ4v) is 4.15. The van der Waals surface area contributed by atoms with Crippen LogP contribution in [0.3, 0.4) is 0 Å². The maximum absolute atomic E-state index is 6.52. The zero-order valence-corrected chi connectivity index (χ0v) is 14.1. The number of hydrogen-bond donors (Lipinski definition) is 0. The molecule has 3 heteroatoms. The van der Waals surface area contributed by atoms with Gasteiger partial charge < -0.3 is 4.90 Å². The molecule has 0 spiro atoms. The molecule has 1 saturated heterocycles. The molecule has 0 aromatic heterocycles. The number of rotatable bonds is 2. The maximum atomic E-state index is 6.52. The van der Waals surface area contributed by atoms with E-state index in [4.69, 9.17) is 4.84 Å². The van der Waals surface area contributed by atoms with Crippen LogP contribution in [0.4, 0.5) is 5.69 Å². The van der Waals surface area contributed by atoms with E-state index in [2.05, 4.69) is 79.5 Å². The van der Waals surface area contributed by atoms with E-state index < -0.39 is 0 Å². The highest BCUT2D eigenvalue weighted by Crippen LogP contribution is 2.47. The Morgan fingerprint density at radius 2 is 1.78 bits per heavy atom. The van der Waals surface area contributed by atoms with Crippen molar-refractivity contribution in [3.63, 3.8) is 0 Å². The average molecular weight is 308 g/mol. The second-order valence-electron chi connectivity index (χ2n) is 7.33. The first-order valence-electron chi connectivity index (χ1n) is 8.34. The van der Waals surface area contributed by atoms with Crippen molar-refractivity contribution in [2.75, 3.05) is 25.7 Å². The third-order valence-corrected chi connectivity index (χ3v) is 4.90. The lowest BCUT2D eigenvalue weighted by atomic mass is 9.90. The van der Waals surface area contributed by atoms with Gasteiger partial charge in [-0.3, -0.25) is 4.84 Å². The lowest BCUT2D eigenvalue weighted by molar-refractivity contribution is -0.0154. The predicted molar refractivity (Wildman–Crippen MR) is 93.6 cm³/mol. The molecular weight excluding hydrogens is 284 g/mol. The summed E-state index contributed by atoms with van der Waals surface area (Å²) in [5.74, 6) is 0. The van der Waals surface area contributed by atoms with Crippen molar-refractivity contribution in [3.05, 3.63) is 65.2 Å². The molecular formula is C20H24N2O. The Hall–Kier alpha value is -1.84. The molecule has 0 aliphatic carbocycles. The molecule has 2 aromatic carbocycles. The zero-order chi connectivity index (χ0) is 16.0. The van der Waals surface area contributed by atoms with Crippen molar-refractivity contribution in [2.45, 2.75) is 31.4 Å². The fourth-order valence-electron chi connectivity index (χ4n) is 4.15. The van der Waals surface area contributed by atoms with Gasteiger partial charge in [-0.1, -0.05) is 42.5 Å². The summed E-state index contributed by atoms with van der Waals surface area (Å²) in [6.45, 7) is 3.15. The van der Waals surface area contributed by atoms with Gasteiger partial charge in [-0.15, -0.1) is 0 Å². The van der Waals surface area contributed by atoms with Crippen LogP contribution in [0.2, 0.25) is 0 Å². The van der Waals surface area contributed by atoms with Gasteiger partial charge in [0.05, 0.1) is 11.7 Å². The van der Waals surface area contributed by atoms with E-state index in [-0.39, 0.29) is 5.60 Å². The minimum Gasteiger partial charge on any atom is -0.306 e. The highest BCUT2D eigenvalue weighted by atomic mass is 16.7. The Balaban J connectivity index is 1.82. The first-order chi connectivity index (χ1) is 11.1. The molecule has 3 nitrogen and oxygen atoms in total. The van der Waals surface area contributed by atoms with E-state index in [0.29, 0.717) is 6.04 Å². The minimum absolute atomic E-state index is 0.161. The monoisotopic (exact) mass is 308 g/mol. The third-order valence-electron chi connectivity index (χ3n) is 4.90. The molecule has 1 fully saturated rings. The number of benzene rings is 2. The number of anilines is 1. The van der Waals surface area contributed by atoms with Gasteiger partial charge in [0.25, 0.3) is 0 Å². The molecule has 2 aliphatic rings. The number of hydrogen-bond acceptors (Lipinski definition) is 3. The summed E-state index contributed by atoms with van der Waals surface area (Å²) < 4.78 is 0. The number of likely N-dealkylation sites (N-methyl/N-ethyl adjacent to an activating group) is 1. The summed E-state index contributed by atoms with van der Waals surface area (Å²) in [4.78, 5) is 8.73. The highest BCUT2D eigenvalue weighted by molar-refractivity contribution is 5.59. The van der Waals surface area contributed by atoms with Crippen LogP contribution in [0.1, 0.15) is 36.1 Å². The van der Waals surface area contributed by atoms with E-state index in [1.807, 2.05) is 0 Å². The van der Waals surface area contributed by atoms with Gasteiger partial charge in [-0.2, -0.15) is 0 Å². The van der Waals surface area contributed by atoms with Gasteiger partial charge in [-0.25, -0.2) is 5.06 Å². The van der Waals surface area contributed by atoms with Crippen molar-refractivity contribution in [3.8, 4) is 0 Å². The van der Waals surface area contributed by atoms with E-state index in [0.717, 1.165) is 19.4 Å². The van der Waals surface area contributed by atoms with Crippen LogP contribution in [0.5, 0.6) is 0 Å². The van der Waals surface area contributed by atoms with Crippen molar-refractivity contribution < 1.29 is 4.84 Å². The molecule has 0 bridgehead atoms. The van der Waals surface area contributed by atoms with Gasteiger partial charge in [0.15, 0.2) is 0 Å². The standard InChI is InChI=1S/C20H24N2O/c1-20(14-21(2)3)13-19-17-10-6-4-8-15(17)12-16-9-5-7-11-18(16)22(19)23-20/h4-11,19H,12-14H2,1-3H3/t19-,20-/m1/s1. The van der Waals surface area contributed by atoms with Gasteiger partial charge in [-0.05, 0) is 50.2 Å². The number of fused-ring (bicyclic) bond motifs is 5. The van der Waals surface area contributed by atoms with Gasteiger partial charge >= 0.3 is 0 Å². The minimum atomic E-state index is -0.161. The summed E-state index contributed by atoms with van der Waals surface area (Å²) in [5, 5.41) is 2.17. The fraction of sp³-hybridized carbons (Fsp3) is 0.400. The summed E-state index contributed by atoms with van der Waals surface area (Å²) in [7, 11) is 4.22. The van der Waals surface area contributed by atoms with Crippen molar-refractivity contribution in [1.82, 2.24) is 4.90 Å². The van der Waals surface area contributed by atoms with Crippen LogP contribution in [0.25, 0.3) is 0 Å². The highest BCUT2D eigenvalue weighted by Gasteiger charge is 2.45. The lowest BCUT2D eigenvalue weighted by Gasteiger charge is -2.29. The van der Waals surface area contributed by atoms with Gasteiger partial charge in [0.2, 0.25) is 0 Å². The van der Waals surface area contributed by atoms with Crippen LogP contribution < -0.4 is 5.06 Å². The smallest absolute Gasteiger partial charge is 0.108 e. The first-order valence-corrected chi connectivity index (χ1v) is 8.34. The number of para-hydroxylation sites is 1. The van der Waals surface area contributed by atoms with Crippen molar-refractivity contribution in [2.24, 2.45) is 0 Å². The molecule has 0 N–H and O–H groups in total. The Morgan fingerprint density at radius 1 is 1.09 bits per heavy atom. The van der Waals surface area contributed by atoms with E-state index in [9.17, 15) is 0 Å². The quantitative estimate of drug-likeness (QED) is 0.839. The molecule has 2 aromatic rings. The Kier molecular flexibility index (Phi) is 3.43. The van der Waals surface area contributed by atoms with Gasteiger partial charge in [0, 0.05) is 13.0 Å². The topological polar surface area (TPSA) is 15.7 Å². The largest absolute Gasteiger partial charge is 0.306 e. The summed E-state index contributed by atoms with van der Waals surface area (Å²) in [5.41, 5.74) is 5.23. The summed E-state index contributed by atoms with van der Waals surface area (Å²) in [6, 6.07) is 17.8. The first kappa shape index (κ1) is 14.7. The summed E-state index contributed by atoms with van der Waals surface area (Å²) in [6.07, 6.45) is 1.99. The third kappa shape index (κ3) is 2.54. The predicted octanol–water partition coefficient (Wildman–Crippen LogP) is 3.79. The van der Waals surface area contributed by atoms with Crippen LogP contribution in [0.15, 0.2) is 48.5 Å². The maximum Gasteiger partial charge on any atom is 0.108 e. The van der Waals surface area contributed by atoms with Crippen LogP contribution >= 0.6 is 0 Å². The molecule has 0 unspecified atom stereocenters. The zero-order valence-electron chi connectivity index (χ0n) is 14.1. The SMILES string of the molecule is CN(C)C[C@@]1(C)C[C@@H]2c3ccccc3Cc3ccccc3N2O1. The molecule has 0 radical (unpaired) electrons. The molecule has 2 heterocycles. The van der Waals surface area contributed by atoms with Crippen LogP contribution in [-0.4, -0.2) is 31.1 Å². The van der Waals surface area contributed by atoms with Crippen molar-refractivity contribution in [1.29, 1.82) is 0 Å². The van der Waals surface area contributed by atoms with Crippen molar-refractivity contribution >= 4 is 5.69 Å². The number of nitrogens with zero attached hydrogens (tertiary/aromatic N) is 2. The summed E-state index contributed by atoms with van der Waals surface area (Å²) >= 11 is 0. The average Bonchev–Trinajstić information content (AvgIpc) is 2.78. The van der Waals surface area contributed by atoms with Crippen LogP contribution in [0, 0.1) is 0 Å². The Labute approximate surface area is 138 Å². The molecule has 2 aliphatic heterocycles. The Morgan fingerprint density at radius 3 is 2.57 bits per heavy atom. The second-order valence-corrected chi connectivity index (χ2v) is 7.33. The van der Waals surface area contributed by atoms with E-state index >= 15 is 0 Å². The molecule has 0 amide bonds. The second kappa shape index (κ2) is 5.36. The van der Waals surface area contributed by atoms with Gasteiger partial charge in [0.1, 0.15) is 5.60 Å². The molecule has 4 rings (SSSR count). The van der Waals surface area contributed by atoms with E-state index in [1.54, 1.807) is 0 Å². The number of hydroxylamine groups is 1. The molecule has 0 saturated carbocycles.